The standard InChI is InChI=1S/C19H20N2O2/c22-19(23)12-16-6-8-18(9-7-16)14-21-11-10-20(15-21)13-17-4-2-1-3-5-17/h1-11H,12-15H2,(H,22,23). The van der Waals surface area contributed by atoms with E-state index < -0.39 is 5.97 Å². The van der Waals surface area contributed by atoms with E-state index in [9.17, 15) is 4.79 Å². The number of carbonyl (C=O) groups is 1. The number of rotatable bonds is 6. The zero-order chi connectivity index (χ0) is 16.1. The predicted molar refractivity (Wildman–Crippen MR) is 89.3 cm³/mol. The van der Waals surface area contributed by atoms with E-state index in [1.54, 1.807) is 0 Å². The summed E-state index contributed by atoms with van der Waals surface area (Å²) in [5.41, 5.74) is 3.33. The monoisotopic (exact) mass is 308 g/mol. The van der Waals surface area contributed by atoms with Crippen LogP contribution in [0.25, 0.3) is 0 Å². The molecule has 1 aliphatic rings. The highest BCUT2D eigenvalue weighted by Gasteiger charge is 2.12. The van der Waals surface area contributed by atoms with E-state index in [0.717, 1.165) is 25.3 Å². The second kappa shape index (κ2) is 7.01. The van der Waals surface area contributed by atoms with E-state index in [4.69, 9.17) is 5.11 Å². The quantitative estimate of drug-likeness (QED) is 0.891. The van der Waals surface area contributed by atoms with Crippen molar-refractivity contribution in [3.8, 4) is 0 Å². The van der Waals surface area contributed by atoms with Gasteiger partial charge in [-0.2, -0.15) is 0 Å². The lowest BCUT2D eigenvalue weighted by Crippen LogP contribution is -2.24. The molecule has 0 fully saturated rings. The minimum absolute atomic E-state index is 0.0781. The van der Waals surface area contributed by atoms with E-state index in [-0.39, 0.29) is 6.42 Å². The van der Waals surface area contributed by atoms with Crippen molar-refractivity contribution in [3.05, 3.63) is 83.7 Å². The molecule has 1 heterocycles. The summed E-state index contributed by atoms with van der Waals surface area (Å²) in [4.78, 5) is 15.2. The number of aliphatic carboxylic acids is 1. The van der Waals surface area contributed by atoms with Gasteiger partial charge in [-0.1, -0.05) is 54.6 Å². The van der Waals surface area contributed by atoms with Crippen LogP contribution in [0.15, 0.2) is 67.0 Å². The molecule has 0 radical (unpaired) electrons. The van der Waals surface area contributed by atoms with Crippen molar-refractivity contribution in [1.82, 2.24) is 9.80 Å². The first-order chi connectivity index (χ1) is 11.2. The second-order valence-electron chi connectivity index (χ2n) is 5.81. The molecule has 0 amide bonds. The molecule has 0 bridgehead atoms. The van der Waals surface area contributed by atoms with Gasteiger partial charge in [-0.3, -0.25) is 4.79 Å². The Morgan fingerprint density at radius 1 is 0.826 bits per heavy atom. The van der Waals surface area contributed by atoms with E-state index in [0.29, 0.717) is 0 Å². The SMILES string of the molecule is O=C(O)Cc1ccc(CN2C=CN(Cc3ccccc3)C2)cc1. The summed E-state index contributed by atoms with van der Waals surface area (Å²) >= 11 is 0. The van der Waals surface area contributed by atoms with Gasteiger partial charge in [-0.05, 0) is 16.7 Å². The summed E-state index contributed by atoms with van der Waals surface area (Å²) in [5, 5.41) is 8.79. The van der Waals surface area contributed by atoms with Crippen LogP contribution in [0.2, 0.25) is 0 Å². The molecule has 1 aliphatic heterocycles. The van der Waals surface area contributed by atoms with Gasteiger partial charge in [0.25, 0.3) is 0 Å². The first-order valence-corrected chi connectivity index (χ1v) is 7.69. The largest absolute Gasteiger partial charge is 0.481 e. The van der Waals surface area contributed by atoms with Crippen LogP contribution < -0.4 is 0 Å². The van der Waals surface area contributed by atoms with Crippen molar-refractivity contribution < 1.29 is 9.90 Å². The molecular weight excluding hydrogens is 288 g/mol. The van der Waals surface area contributed by atoms with Crippen molar-refractivity contribution in [2.75, 3.05) is 6.67 Å². The van der Waals surface area contributed by atoms with Gasteiger partial charge in [0.2, 0.25) is 0 Å². The Balaban J connectivity index is 1.52. The highest BCUT2D eigenvalue weighted by molar-refractivity contribution is 5.70. The fourth-order valence-electron chi connectivity index (χ4n) is 2.71. The molecule has 0 spiro atoms. The third kappa shape index (κ3) is 4.36. The first-order valence-electron chi connectivity index (χ1n) is 7.69. The summed E-state index contributed by atoms with van der Waals surface area (Å²) in [6.45, 7) is 2.60. The lowest BCUT2D eigenvalue weighted by Gasteiger charge is -2.21. The van der Waals surface area contributed by atoms with Crippen LogP contribution in [-0.2, 0) is 24.3 Å². The lowest BCUT2D eigenvalue weighted by atomic mass is 10.1. The minimum Gasteiger partial charge on any atom is -0.481 e. The minimum atomic E-state index is -0.795. The Labute approximate surface area is 136 Å². The van der Waals surface area contributed by atoms with Crippen molar-refractivity contribution in [1.29, 1.82) is 0 Å². The first kappa shape index (κ1) is 15.2. The van der Waals surface area contributed by atoms with E-state index in [2.05, 4.69) is 46.5 Å². The zero-order valence-corrected chi connectivity index (χ0v) is 12.9. The molecule has 118 valence electrons. The Kier molecular flexibility index (Phi) is 4.62. The Morgan fingerprint density at radius 3 is 1.91 bits per heavy atom. The Morgan fingerprint density at radius 2 is 1.35 bits per heavy atom. The maximum absolute atomic E-state index is 10.7. The van der Waals surface area contributed by atoms with Crippen LogP contribution in [0.4, 0.5) is 0 Å². The number of benzene rings is 2. The van der Waals surface area contributed by atoms with Crippen molar-refractivity contribution >= 4 is 5.97 Å². The smallest absolute Gasteiger partial charge is 0.307 e. The van der Waals surface area contributed by atoms with Crippen molar-refractivity contribution in [3.63, 3.8) is 0 Å². The summed E-state index contributed by atoms with van der Waals surface area (Å²) < 4.78 is 0. The Hall–Kier alpha value is -2.75. The number of hydrogen-bond acceptors (Lipinski definition) is 3. The molecule has 4 heteroatoms. The summed E-state index contributed by atoms with van der Waals surface area (Å²) in [6, 6.07) is 18.2. The molecule has 0 saturated carbocycles. The van der Waals surface area contributed by atoms with Gasteiger partial charge in [-0.15, -0.1) is 0 Å². The maximum Gasteiger partial charge on any atom is 0.307 e. The number of carboxylic acids is 1. The van der Waals surface area contributed by atoms with Crippen molar-refractivity contribution in [2.45, 2.75) is 19.5 Å². The Bertz CT molecular complexity index is 680. The van der Waals surface area contributed by atoms with Gasteiger partial charge in [0, 0.05) is 25.5 Å². The van der Waals surface area contributed by atoms with Gasteiger partial charge < -0.3 is 14.9 Å². The highest BCUT2D eigenvalue weighted by atomic mass is 16.4. The molecule has 23 heavy (non-hydrogen) atoms. The van der Waals surface area contributed by atoms with Crippen molar-refractivity contribution in [2.24, 2.45) is 0 Å². The van der Waals surface area contributed by atoms with Crippen LogP contribution in [0.1, 0.15) is 16.7 Å². The van der Waals surface area contributed by atoms with Crippen LogP contribution in [0, 0.1) is 0 Å². The van der Waals surface area contributed by atoms with Gasteiger partial charge in [-0.25, -0.2) is 0 Å². The highest BCUT2D eigenvalue weighted by Crippen LogP contribution is 2.15. The second-order valence-corrected chi connectivity index (χ2v) is 5.81. The normalized spacial score (nSPS) is 13.6. The topological polar surface area (TPSA) is 43.8 Å². The van der Waals surface area contributed by atoms with Crippen LogP contribution in [-0.4, -0.2) is 27.5 Å². The average molecular weight is 308 g/mol. The molecule has 0 unspecified atom stereocenters. The molecular formula is C19H20N2O2. The third-order valence-corrected chi connectivity index (χ3v) is 3.84. The number of hydrogen-bond donors (Lipinski definition) is 1. The molecule has 2 aromatic carbocycles. The summed E-state index contributed by atoms with van der Waals surface area (Å²) in [6.07, 6.45) is 4.30. The third-order valence-electron chi connectivity index (χ3n) is 3.84. The molecule has 1 N–H and O–H groups in total. The molecule has 4 nitrogen and oxygen atoms in total. The van der Waals surface area contributed by atoms with Gasteiger partial charge in [0.15, 0.2) is 0 Å². The molecule has 2 aromatic rings. The zero-order valence-electron chi connectivity index (χ0n) is 12.9. The molecule has 0 atom stereocenters. The fourth-order valence-corrected chi connectivity index (χ4v) is 2.71. The predicted octanol–water partition coefficient (Wildman–Crippen LogP) is 3.06. The fraction of sp³-hybridized carbons (Fsp3) is 0.211. The van der Waals surface area contributed by atoms with E-state index in [1.165, 1.54) is 11.1 Å². The van der Waals surface area contributed by atoms with Crippen LogP contribution in [0.5, 0.6) is 0 Å². The van der Waals surface area contributed by atoms with Crippen LogP contribution in [0.3, 0.4) is 0 Å². The molecule has 0 saturated heterocycles. The molecule has 0 aliphatic carbocycles. The maximum atomic E-state index is 10.7. The molecule has 3 rings (SSSR count). The van der Waals surface area contributed by atoms with E-state index >= 15 is 0 Å². The van der Waals surface area contributed by atoms with Gasteiger partial charge in [0.1, 0.15) is 0 Å². The van der Waals surface area contributed by atoms with Gasteiger partial charge >= 0.3 is 5.97 Å². The molecule has 0 aromatic heterocycles. The summed E-state index contributed by atoms with van der Waals surface area (Å²) in [5.74, 6) is -0.795. The average Bonchev–Trinajstić information content (AvgIpc) is 2.97. The summed E-state index contributed by atoms with van der Waals surface area (Å²) in [7, 11) is 0. The van der Waals surface area contributed by atoms with Crippen LogP contribution >= 0.6 is 0 Å². The van der Waals surface area contributed by atoms with Gasteiger partial charge in [0.05, 0.1) is 13.1 Å². The number of carboxylic acid groups (broad SMARTS) is 1. The lowest BCUT2D eigenvalue weighted by molar-refractivity contribution is -0.136. The van der Waals surface area contributed by atoms with E-state index in [1.807, 2.05) is 30.3 Å². The number of nitrogens with zero attached hydrogens (tertiary/aromatic N) is 2.